The van der Waals surface area contributed by atoms with Gasteiger partial charge in [0.1, 0.15) is 0 Å². The van der Waals surface area contributed by atoms with Crippen LogP contribution in [-0.4, -0.2) is 44.1 Å². The van der Waals surface area contributed by atoms with Crippen molar-refractivity contribution in [2.75, 3.05) is 33.2 Å². The first kappa shape index (κ1) is 13.4. The lowest BCUT2D eigenvalue weighted by Gasteiger charge is -2.32. The Morgan fingerprint density at radius 3 is 3.12 bits per heavy atom. The van der Waals surface area contributed by atoms with Crippen molar-refractivity contribution >= 4 is 5.97 Å². The third-order valence-electron chi connectivity index (χ3n) is 2.90. The highest BCUT2D eigenvalue weighted by Crippen LogP contribution is 2.15. The van der Waals surface area contributed by atoms with Gasteiger partial charge >= 0.3 is 5.97 Å². The van der Waals surface area contributed by atoms with E-state index in [0.717, 1.165) is 26.2 Å². The highest BCUT2D eigenvalue weighted by Gasteiger charge is 2.19. The number of piperidine rings is 1. The average Bonchev–Trinajstić information content (AvgIpc) is 2.28. The Balaban J connectivity index is 2.18. The predicted molar refractivity (Wildman–Crippen MR) is 61.1 cm³/mol. The first-order valence-electron chi connectivity index (χ1n) is 5.78. The monoisotopic (exact) mass is 230 g/mol. The van der Waals surface area contributed by atoms with Crippen LogP contribution >= 0.6 is 0 Å². The lowest BCUT2D eigenvalue weighted by molar-refractivity contribution is -0.151. The summed E-state index contributed by atoms with van der Waals surface area (Å²) in [6.07, 6.45) is 2.86. The summed E-state index contributed by atoms with van der Waals surface area (Å²) in [7, 11) is 1.98. The maximum atomic E-state index is 11.1. The lowest BCUT2D eigenvalue weighted by atomic mass is 9.98. The summed E-state index contributed by atoms with van der Waals surface area (Å²) >= 11 is 0. The Kier molecular flexibility index (Phi) is 6.32. The highest BCUT2D eigenvalue weighted by molar-refractivity contribution is 5.69. The Labute approximate surface area is 96.4 Å². The predicted octanol–water partition coefficient (Wildman–Crippen LogP) is -0.771. The molecule has 4 N–H and O–H groups in total. The fourth-order valence-electron chi connectivity index (χ4n) is 2.18. The van der Waals surface area contributed by atoms with Crippen molar-refractivity contribution in [3.8, 4) is 0 Å². The van der Waals surface area contributed by atoms with E-state index in [0.29, 0.717) is 12.3 Å². The summed E-state index contributed by atoms with van der Waals surface area (Å²) in [6, 6.07) is 0. The van der Waals surface area contributed by atoms with Gasteiger partial charge in [-0.2, -0.15) is 0 Å². The van der Waals surface area contributed by atoms with Gasteiger partial charge in [0.2, 0.25) is 0 Å². The second-order valence-corrected chi connectivity index (χ2v) is 4.21. The van der Waals surface area contributed by atoms with E-state index in [1.807, 2.05) is 12.6 Å². The van der Waals surface area contributed by atoms with Crippen LogP contribution in [0.15, 0.2) is 0 Å². The zero-order valence-electron chi connectivity index (χ0n) is 9.87. The van der Waals surface area contributed by atoms with Crippen molar-refractivity contribution in [3.63, 3.8) is 0 Å². The van der Waals surface area contributed by atoms with Gasteiger partial charge in [-0.3, -0.25) is 4.79 Å². The Morgan fingerprint density at radius 1 is 1.62 bits per heavy atom. The van der Waals surface area contributed by atoms with Crippen molar-refractivity contribution in [1.82, 2.24) is 15.8 Å². The topological polar surface area (TPSA) is 79.6 Å². The van der Waals surface area contributed by atoms with Gasteiger partial charge in [-0.15, -0.1) is 0 Å². The third kappa shape index (κ3) is 4.89. The van der Waals surface area contributed by atoms with Crippen molar-refractivity contribution in [1.29, 1.82) is 0 Å². The van der Waals surface area contributed by atoms with Crippen LogP contribution in [0.2, 0.25) is 0 Å². The number of likely N-dealkylation sites (tertiary alicyclic amines) is 1. The van der Waals surface area contributed by atoms with E-state index >= 15 is 0 Å². The molecule has 1 unspecified atom stereocenters. The van der Waals surface area contributed by atoms with Gasteiger partial charge in [0.15, 0.2) is 0 Å². The van der Waals surface area contributed by atoms with Crippen LogP contribution in [0.4, 0.5) is 0 Å². The zero-order chi connectivity index (χ0) is 11.8. The summed E-state index contributed by atoms with van der Waals surface area (Å²) in [5.74, 6) is 5.27. The van der Waals surface area contributed by atoms with Gasteiger partial charge < -0.3 is 15.1 Å². The molecule has 1 saturated heterocycles. The fourth-order valence-corrected chi connectivity index (χ4v) is 2.18. The van der Waals surface area contributed by atoms with Crippen LogP contribution in [0.1, 0.15) is 19.3 Å². The number of hydrazine groups is 1. The smallest absolute Gasteiger partial charge is 0.327 e. The fraction of sp³-hybridized carbons (Fsp3) is 0.900. The minimum Gasteiger partial charge on any atom is -0.356 e. The van der Waals surface area contributed by atoms with E-state index in [1.165, 1.54) is 12.8 Å². The molecule has 6 heteroatoms. The third-order valence-corrected chi connectivity index (χ3v) is 2.90. The van der Waals surface area contributed by atoms with Crippen LogP contribution in [-0.2, 0) is 9.63 Å². The maximum absolute atomic E-state index is 11.1. The molecule has 1 rings (SSSR count). The van der Waals surface area contributed by atoms with Gasteiger partial charge in [0.25, 0.3) is 0 Å². The second-order valence-electron chi connectivity index (χ2n) is 4.21. The summed E-state index contributed by atoms with van der Waals surface area (Å²) in [5, 5.41) is 3.20. The number of rotatable bonds is 6. The van der Waals surface area contributed by atoms with Crippen LogP contribution in [0.5, 0.6) is 0 Å². The summed E-state index contributed by atoms with van der Waals surface area (Å²) < 4.78 is 0. The van der Waals surface area contributed by atoms with Gasteiger partial charge in [-0.05, 0) is 38.9 Å². The standard InChI is InChI=1S/C10H22N4O2/c1-12-7-9-3-2-5-14(8-9)6-4-10(15)16-13-11/h9,12-13H,2-8,11H2,1H3. The zero-order valence-corrected chi connectivity index (χ0v) is 9.87. The molecule has 94 valence electrons. The molecular weight excluding hydrogens is 208 g/mol. The largest absolute Gasteiger partial charge is 0.356 e. The van der Waals surface area contributed by atoms with Gasteiger partial charge in [-0.1, -0.05) is 5.59 Å². The molecule has 0 aromatic rings. The summed E-state index contributed by atoms with van der Waals surface area (Å²) in [4.78, 5) is 17.9. The number of carbonyl (C=O) groups is 1. The molecule has 1 aliphatic heterocycles. The summed E-state index contributed by atoms with van der Waals surface area (Å²) in [5.41, 5.74) is 1.91. The normalized spacial score (nSPS) is 22.0. The maximum Gasteiger partial charge on any atom is 0.327 e. The van der Waals surface area contributed by atoms with E-state index < -0.39 is 0 Å². The molecule has 0 aromatic heterocycles. The van der Waals surface area contributed by atoms with Crippen molar-refractivity contribution in [2.24, 2.45) is 11.8 Å². The molecule has 0 radical (unpaired) electrons. The first-order chi connectivity index (χ1) is 7.76. The molecule has 0 bridgehead atoms. The SMILES string of the molecule is CNCC1CCCN(CCC(=O)ONN)C1. The van der Waals surface area contributed by atoms with Gasteiger partial charge in [-0.25, -0.2) is 5.84 Å². The van der Waals surface area contributed by atoms with Crippen LogP contribution < -0.4 is 16.7 Å². The van der Waals surface area contributed by atoms with Crippen LogP contribution in [0, 0.1) is 5.92 Å². The van der Waals surface area contributed by atoms with Crippen LogP contribution in [0.25, 0.3) is 0 Å². The van der Waals surface area contributed by atoms with E-state index in [4.69, 9.17) is 5.84 Å². The number of carbonyl (C=O) groups excluding carboxylic acids is 1. The number of hydrogen-bond acceptors (Lipinski definition) is 6. The number of hydrogen-bond donors (Lipinski definition) is 3. The second kappa shape index (κ2) is 7.56. The first-order valence-corrected chi connectivity index (χ1v) is 5.78. The van der Waals surface area contributed by atoms with Gasteiger partial charge in [0, 0.05) is 13.1 Å². The molecular formula is C10H22N4O2. The Hall–Kier alpha value is -0.690. The molecule has 1 atom stereocenters. The molecule has 0 aromatic carbocycles. The van der Waals surface area contributed by atoms with E-state index in [9.17, 15) is 4.79 Å². The number of nitrogens with zero attached hydrogens (tertiary/aromatic N) is 1. The molecule has 0 amide bonds. The van der Waals surface area contributed by atoms with Crippen LogP contribution in [0.3, 0.4) is 0 Å². The minimum atomic E-state index is -0.307. The molecule has 0 aliphatic carbocycles. The lowest BCUT2D eigenvalue weighted by Crippen LogP contribution is -2.40. The molecule has 1 aliphatic rings. The Bertz CT molecular complexity index is 211. The van der Waals surface area contributed by atoms with Gasteiger partial charge in [0.05, 0.1) is 6.42 Å². The van der Waals surface area contributed by atoms with E-state index in [-0.39, 0.29) is 5.97 Å². The molecule has 0 spiro atoms. The van der Waals surface area contributed by atoms with Crippen molar-refractivity contribution < 1.29 is 9.63 Å². The molecule has 6 nitrogen and oxygen atoms in total. The molecule has 16 heavy (non-hydrogen) atoms. The highest BCUT2D eigenvalue weighted by atomic mass is 16.7. The molecule has 1 heterocycles. The van der Waals surface area contributed by atoms with Crippen molar-refractivity contribution in [2.45, 2.75) is 19.3 Å². The minimum absolute atomic E-state index is 0.307. The van der Waals surface area contributed by atoms with E-state index in [1.54, 1.807) is 0 Å². The quantitative estimate of drug-likeness (QED) is 0.411. The average molecular weight is 230 g/mol. The number of nitrogens with one attached hydrogen (secondary N) is 2. The summed E-state index contributed by atoms with van der Waals surface area (Å²) in [6.45, 7) is 3.93. The number of nitrogens with two attached hydrogens (primary N) is 1. The van der Waals surface area contributed by atoms with E-state index in [2.05, 4.69) is 15.1 Å². The molecule has 1 fully saturated rings. The Morgan fingerprint density at radius 2 is 2.44 bits per heavy atom. The van der Waals surface area contributed by atoms with Crippen molar-refractivity contribution in [3.05, 3.63) is 0 Å². The molecule has 0 saturated carbocycles.